The van der Waals surface area contributed by atoms with Crippen LogP contribution in [0.3, 0.4) is 0 Å². The highest BCUT2D eigenvalue weighted by Crippen LogP contribution is 2.26. The number of hydrogen-bond acceptors (Lipinski definition) is 1. The first-order valence-corrected chi connectivity index (χ1v) is 6.24. The molecular formula is C17H19N. The summed E-state index contributed by atoms with van der Waals surface area (Å²) >= 11 is 0. The van der Waals surface area contributed by atoms with E-state index in [1.165, 1.54) is 22.3 Å². The van der Waals surface area contributed by atoms with Gasteiger partial charge in [0, 0.05) is 12.1 Å². The molecule has 1 aromatic carbocycles. The molecule has 18 heavy (non-hydrogen) atoms. The van der Waals surface area contributed by atoms with Crippen molar-refractivity contribution in [3.8, 4) is 0 Å². The highest BCUT2D eigenvalue weighted by Gasteiger charge is 2.09. The molecule has 0 heterocycles. The van der Waals surface area contributed by atoms with Crippen LogP contribution in [0.25, 0.3) is 0 Å². The Kier molecular flexibility index (Phi) is 3.61. The van der Waals surface area contributed by atoms with E-state index in [0.717, 1.165) is 5.69 Å². The molecule has 1 unspecified atom stereocenters. The number of allylic oxidation sites excluding steroid dienone is 5. The van der Waals surface area contributed by atoms with Crippen LogP contribution in [0.5, 0.6) is 0 Å². The fraction of sp³-hybridized carbons (Fsp3) is 0.235. The van der Waals surface area contributed by atoms with Crippen molar-refractivity contribution < 1.29 is 0 Å². The average Bonchev–Trinajstić information content (AvgIpc) is 2.75. The van der Waals surface area contributed by atoms with Crippen LogP contribution in [0.4, 0.5) is 5.69 Å². The highest BCUT2D eigenvalue weighted by atomic mass is 14.7. The molecular weight excluding hydrogens is 218 g/mol. The van der Waals surface area contributed by atoms with Crippen LogP contribution < -0.4 is 0 Å². The molecule has 0 aromatic heterocycles. The largest absolute Gasteiger partial charge is 0.260 e. The summed E-state index contributed by atoms with van der Waals surface area (Å²) in [5, 5.41) is 0. The predicted octanol–water partition coefficient (Wildman–Crippen LogP) is 4.61. The lowest BCUT2D eigenvalue weighted by molar-refractivity contribution is 1.12. The summed E-state index contributed by atoms with van der Waals surface area (Å²) in [6, 6.07) is 4.35. The minimum Gasteiger partial charge on any atom is -0.260 e. The summed E-state index contributed by atoms with van der Waals surface area (Å²) in [5.74, 6) is 0.266. The van der Waals surface area contributed by atoms with Gasteiger partial charge in [-0.25, -0.2) is 0 Å². The Morgan fingerprint density at radius 1 is 1.17 bits per heavy atom. The van der Waals surface area contributed by atoms with E-state index >= 15 is 0 Å². The summed E-state index contributed by atoms with van der Waals surface area (Å²) in [6.07, 6.45) is 10.2. The number of aryl methyl sites for hydroxylation is 3. The van der Waals surface area contributed by atoms with Crippen molar-refractivity contribution in [3.05, 3.63) is 65.3 Å². The van der Waals surface area contributed by atoms with Crippen LogP contribution >= 0.6 is 0 Å². The van der Waals surface area contributed by atoms with Gasteiger partial charge in [-0.05, 0) is 37.5 Å². The summed E-state index contributed by atoms with van der Waals surface area (Å²) in [6.45, 7) is 10.2. The molecule has 0 saturated carbocycles. The molecule has 0 spiro atoms. The molecule has 2 rings (SSSR count). The topological polar surface area (TPSA) is 12.4 Å². The number of benzene rings is 1. The molecule has 92 valence electrons. The van der Waals surface area contributed by atoms with E-state index in [0.29, 0.717) is 0 Å². The Hall–Kier alpha value is -1.89. The van der Waals surface area contributed by atoms with Crippen LogP contribution in [-0.4, -0.2) is 6.21 Å². The van der Waals surface area contributed by atoms with Crippen molar-refractivity contribution in [2.75, 3.05) is 0 Å². The Balaban J connectivity index is 2.27. The smallest absolute Gasteiger partial charge is 0.0684 e. The SMILES string of the molecule is C=CC1=CC=CC1C=Nc1c(C)cc(C)cc1C. The summed E-state index contributed by atoms with van der Waals surface area (Å²) in [4.78, 5) is 4.66. The van der Waals surface area contributed by atoms with Gasteiger partial charge in [-0.2, -0.15) is 0 Å². The Bertz CT molecular complexity index is 536. The number of aliphatic imine (C=N–C) groups is 1. The highest BCUT2D eigenvalue weighted by molar-refractivity contribution is 5.75. The maximum absolute atomic E-state index is 4.66. The van der Waals surface area contributed by atoms with E-state index in [-0.39, 0.29) is 5.92 Å². The van der Waals surface area contributed by atoms with Gasteiger partial charge in [0.1, 0.15) is 0 Å². The zero-order valence-corrected chi connectivity index (χ0v) is 11.3. The predicted molar refractivity (Wildman–Crippen MR) is 79.7 cm³/mol. The van der Waals surface area contributed by atoms with E-state index in [9.17, 15) is 0 Å². The molecule has 1 nitrogen and oxygen atoms in total. The van der Waals surface area contributed by atoms with Gasteiger partial charge in [0.25, 0.3) is 0 Å². The second-order valence-corrected chi connectivity index (χ2v) is 4.81. The van der Waals surface area contributed by atoms with E-state index < -0.39 is 0 Å². The zero-order chi connectivity index (χ0) is 13.1. The van der Waals surface area contributed by atoms with Crippen LogP contribution in [0.2, 0.25) is 0 Å². The second-order valence-electron chi connectivity index (χ2n) is 4.81. The van der Waals surface area contributed by atoms with Gasteiger partial charge < -0.3 is 0 Å². The van der Waals surface area contributed by atoms with Crippen LogP contribution in [0, 0.1) is 26.7 Å². The lowest BCUT2D eigenvalue weighted by Gasteiger charge is -2.08. The molecule has 1 atom stereocenters. The van der Waals surface area contributed by atoms with Gasteiger partial charge >= 0.3 is 0 Å². The molecule has 0 fully saturated rings. The maximum Gasteiger partial charge on any atom is 0.0684 e. The van der Waals surface area contributed by atoms with E-state index in [1.54, 1.807) is 0 Å². The van der Waals surface area contributed by atoms with Gasteiger partial charge in [0.15, 0.2) is 0 Å². The quantitative estimate of drug-likeness (QED) is 0.681. The molecule has 1 aliphatic rings. The Morgan fingerprint density at radius 3 is 2.44 bits per heavy atom. The van der Waals surface area contributed by atoms with Crippen molar-refractivity contribution in [2.24, 2.45) is 10.9 Å². The van der Waals surface area contributed by atoms with Crippen molar-refractivity contribution >= 4 is 11.9 Å². The third-order valence-corrected chi connectivity index (χ3v) is 3.23. The Morgan fingerprint density at radius 2 is 1.83 bits per heavy atom. The van der Waals surface area contributed by atoms with Crippen LogP contribution in [0.1, 0.15) is 16.7 Å². The zero-order valence-electron chi connectivity index (χ0n) is 11.3. The molecule has 1 heteroatoms. The van der Waals surface area contributed by atoms with Gasteiger partial charge in [-0.1, -0.05) is 48.6 Å². The fourth-order valence-corrected chi connectivity index (χ4v) is 2.38. The molecule has 0 bridgehead atoms. The van der Waals surface area contributed by atoms with Gasteiger partial charge in [-0.3, -0.25) is 4.99 Å². The molecule has 1 aromatic rings. The van der Waals surface area contributed by atoms with Crippen molar-refractivity contribution in [2.45, 2.75) is 20.8 Å². The number of rotatable bonds is 3. The normalized spacial score (nSPS) is 18.4. The summed E-state index contributed by atoms with van der Waals surface area (Å²) < 4.78 is 0. The maximum atomic E-state index is 4.66. The lowest BCUT2D eigenvalue weighted by Crippen LogP contribution is -1.97. The third-order valence-electron chi connectivity index (χ3n) is 3.23. The summed E-state index contributed by atoms with van der Waals surface area (Å²) in [5.41, 5.74) is 6.05. The van der Waals surface area contributed by atoms with Crippen LogP contribution in [-0.2, 0) is 0 Å². The minimum absolute atomic E-state index is 0.266. The van der Waals surface area contributed by atoms with Gasteiger partial charge in [0.05, 0.1) is 5.69 Å². The first kappa shape index (κ1) is 12.6. The molecule has 1 aliphatic carbocycles. The van der Waals surface area contributed by atoms with Crippen molar-refractivity contribution in [1.82, 2.24) is 0 Å². The molecule has 0 amide bonds. The number of nitrogens with zero attached hydrogens (tertiary/aromatic N) is 1. The second kappa shape index (κ2) is 5.18. The fourth-order valence-electron chi connectivity index (χ4n) is 2.38. The average molecular weight is 237 g/mol. The molecule has 0 N–H and O–H groups in total. The molecule has 0 saturated heterocycles. The number of hydrogen-bond donors (Lipinski definition) is 0. The van der Waals surface area contributed by atoms with E-state index in [4.69, 9.17) is 0 Å². The van der Waals surface area contributed by atoms with Crippen LogP contribution in [0.15, 0.2) is 53.6 Å². The first-order valence-electron chi connectivity index (χ1n) is 6.24. The minimum atomic E-state index is 0.266. The lowest BCUT2D eigenvalue weighted by atomic mass is 10.0. The van der Waals surface area contributed by atoms with Crippen molar-refractivity contribution in [3.63, 3.8) is 0 Å². The van der Waals surface area contributed by atoms with Gasteiger partial charge in [-0.15, -0.1) is 0 Å². The Labute approximate surface area is 109 Å². The van der Waals surface area contributed by atoms with E-state index in [2.05, 4.69) is 62.7 Å². The van der Waals surface area contributed by atoms with Gasteiger partial charge in [0.2, 0.25) is 0 Å². The molecule has 0 aliphatic heterocycles. The van der Waals surface area contributed by atoms with E-state index in [1.807, 2.05) is 12.3 Å². The monoisotopic (exact) mass is 237 g/mol. The molecule has 0 radical (unpaired) electrons. The first-order chi connectivity index (χ1) is 8.61. The standard InChI is InChI=1S/C17H19N/c1-5-15-7-6-8-16(15)11-18-17-13(3)9-12(2)10-14(17)4/h5-11,16H,1H2,2-4H3. The van der Waals surface area contributed by atoms with Crippen molar-refractivity contribution in [1.29, 1.82) is 0 Å². The summed E-state index contributed by atoms with van der Waals surface area (Å²) in [7, 11) is 0. The third kappa shape index (κ3) is 2.51.